The van der Waals surface area contributed by atoms with E-state index in [9.17, 15) is 14.0 Å². The molecule has 3 aromatic rings. The Balaban J connectivity index is 1.85. The SMILES string of the molecule is COc1cc(NC(=O)COC(C)=O)ccc1-c1nnc(N(C)c2ccc(F)cc2)n1C. The summed E-state index contributed by atoms with van der Waals surface area (Å²) in [5.41, 5.74) is 1.89. The van der Waals surface area contributed by atoms with E-state index in [-0.39, 0.29) is 12.4 Å². The van der Waals surface area contributed by atoms with E-state index in [4.69, 9.17) is 4.74 Å². The van der Waals surface area contributed by atoms with Crippen LogP contribution >= 0.6 is 0 Å². The van der Waals surface area contributed by atoms with Gasteiger partial charge in [0.2, 0.25) is 5.95 Å². The van der Waals surface area contributed by atoms with Crippen LogP contribution in [-0.4, -0.2) is 47.4 Å². The quantitative estimate of drug-likeness (QED) is 0.579. The summed E-state index contributed by atoms with van der Waals surface area (Å²) in [6.45, 7) is 0.857. The van der Waals surface area contributed by atoms with Crippen LogP contribution in [0.2, 0.25) is 0 Å². The van der Waals surface area contributed by atoms with Crippen LogP contribution in [0.5, 0.6) is 5.75 Å². The van der Waals surface area contributed by atoms with Gasteiger partial charge in [0, 0.05) is 38.5 Å². The van der Waals surface area contributed by atoms with Crippen molar-refractivity contribution in [1.82, 2.24) is 14.8 Å². The molecule has 0 saturated carbocycles. The summed E-state index contributed by atoms with van der Waals surface area (Å²) in [5.74, 6) is 0.233. The summed E-state index contributed by atoms with van der Waals surface area (Å²) >= 11 is 0. The number of benzene rings is 2. The Labute approximate surface area is 178 Å². The number of hydrogen-bond donors (Lipinski definition) is 1. The minimum absolute atomic E-state index is 0.319. The Morgan fingerprint density at radius 1 is 1.16 bits per heavy atom. The lowest BCUT2D eigenvalue weighted by Crippen LogP contribution is -2.19. The van der Waals surface area contributed by atoms with Crippen molar-refractivity contribution in [3.05, 3.63) is 48.3 Å². The number of ether oxygens (including phenoxy) is 2. The van der Waals surface area contributed by atoms with E-state index in [1.807, 2.05) is 0 Å². The van der Waals surface area contributed by atoms with Gasteiger partial charge in [-0.3, -0.25) is 14.2 Å². The predicted octanol–water partition coefficient (Wildman–Crippen LogP) is 2.90. The standard InChI is InChI=1S/C21H22FN5O4/c1-13(28)31-12-19(29)23-15-7-10-17(18(11-15)30-4)20-24-25-21(27(20)3)26(2)16-8-5-14(22)6-9-16/h5-11H,12H2,1-4H3,(H,23,29). The number of anilines is 3. The van der Waals surface area contributed by atoms with E-state index in [0.717, 1.165) is 5.69 Å². The van der Waals surface area contributed by atoms with Crippen LogP contribution in [0.4, 0.5) is 21.7 Å². The van der Waals surface area contributed by atoms with Gasteiger partial charge in [0.15, 0.2) is 12.4 Å². The Kier molecular flexibility index (Phi) is 6.49. The smallest absolute Gasteiger partial charge is 0.303 e. The maximum absolute atomic E-state index is 13.2. The van der Waals surface area contributed by atoms with E-state index in [1.165, 1.54) is 26.2 Å². The van der Waals surface area contributed by atoms with Gasteiger partial charge in [0.05, 0.1) is 12.7 Å². The normalized spacial score (nSPS) is 10.5. The van der Waals surface area contributed by atoms with Crippen LogP contribution in [0.3, 0.4) is 0 Å². The number of methoxy groups -OCH3 is 1. The molecular weight excluding hydrogens is 405 g/mol. The zero-order chi connectivity index (χ0) is 22.5. The third-order valence-electron chi connectivity index (χ3n) is 4.50. The lowest BCUT2D eigenvalue weighted by molar-refractivity contribution is -0.144. The second-order valence-corrected chi connectivity index (χ2v) is 6.66. The van der Waals surface area contributed by atoms with Crippen molar-refractivity contribution in [2.75, 3.05) is 31.0 Å². The summed E-state index contributed by atoms with van der Waals surface area (Å²) in [7, 11) is 5.12. The molecule has 2 aromatic carbocycles. The topological polar surface area (TPSA) is 98.6 Å². The minimum Gasteiger partial charge on any atom is -0.496 e. The molecule has 1 aromatic heterocycles. The number of halogens is 1. The average Bonchev–Trinajstić information content (AvgIpc) is 3.13. The van der Waals surface area contributed by atoms with Crippen molar-refractivity contribution in [3.63, 3.8) is 0 Å². The summed E-state index contributed by atoms with van der Waals surface area (Å²) in [6.07, 6.45) is 0. The van der Waals surface area contributed by atoms with Gasteiger partial charge in [0.1, 0.15) is 11.6 Å². The Morgan fingerprint density at radius 3 is 2.52 bits per heavy atom. The fourth-order valence-electron chi connectivity index (χ4n) is 2.95. The van der Waals surface area contributed by atoms with E-state index in [2.05, 4.69) is 20.3 Å². The molecule has 31 heavy (non-hydrogen) atoms. The van der Waals surface area contributed by atoms with Crippen molar-refractivity contribution in [3.8, 4) is 17.1 Å². The molecule has 0 bridgehead atoms. The lowest BCUT2D eigenvalue weighted by Gasteiger charge is -2.18. The van der Waals surface area contributed by atoms with E-state index in [1.54, 1.807) is 53.9 Å². The van der Waals surface area contributed by atoms with Gasteiger partial charge in [-0.15, -0.1) is 10.2 Å². The van der Waals surface area contributed by atoms with Gasteiger partial charge in [-0.2, -0.15) is 0 Å². The lowest BCUT2D eigenvalue weighted by atomic mass is 10.1. The predicted molar refractivity (Wildman–Crippen MR) is 113 cm³/mol. The van der Waals surface area contributed by atoms with Crippen LogP contribution in [0.1, 0.15) is 6.92 Å². The monoisotopic (exact) mass is 427 g/mol. The van der Waals surface area contributed by atoms with Crippen molar-refractivity contribution in [2.24, 2.45) is 7.05 Å². The maximum atomic E-state index is 13.2. The third-order valence-corrected chi connectivity index (χ3v) is 4.50. The van der Waals surface area contributed by atoms with Gasteiger partial charge >= 0.3 is 5.97 Å². The van der Waals surface area contributed by atoms with Crippen LogP contribution in [0.25, 0.3) is 11.4 Å². The highest BCUT2D eigenvalue weighted by molar-refractivity contribution is 5.93. The average molecular weight is 427 g/mol. The Hall–Kier alpha value is -3.95. The molecule has 0 atom stereocenters. The fraction of sp³-hybridized carbons (Fsp3) is 0.238. The van der Waals surface area contributed by atoms with Gasteiger partial charge < -0.3 is 19.7 Å². The van der Waals surface area contributed by atoms with Crippen molar-refractivity contribution in [2.45, 2.75) is 6.92 Å². The van der Waals surface area contributed by atoms with Crippen LogP contribution in [0.15, 0.2) is 42.5 Å². The molecule has 0 fully saturated rings. The van der Waals surface area contributed by atoms with Gasteiger partial charge in [-0.25, -0.2) is 4.39 Å². The number of aromatic nitrogens is 3. The number of rotatable bonds is 7. The number of amides is 1. The van der Waals surface area contributed by atoms with Crippen molar-refractivity contribution >= 4 is 29.2 Å². The summed E-state index contributed by atoms with van der Waals surface area (Å²) in [5, 5.41) is 11.2. The van der Waals surface area contributed by atoms with Crippen molar-refractivity contribution in [1.29, 1.82) is 0 Å². The van der Waals surface area contributed by atoms with Crippen LogP contribution < -0.4 is 15.0 Å². The number of carbonyl (C=O) groups is 2. The third kappa shape index (κ3) is 4.97. The molecule has 162 valence electrons. The molecule has 0 saturated heterocycles. The second kappa shape index (κ2) is 9.24. The Bertz CT molecular complexity index is 1100. The molecule has 1 N–H and O–H groups in total. The number of nitrogens with one attached hydrogen (secondary N) is 1. The molecular formula is C21H22FN5O4. The molecule has 1 amide bonds. The van der Waals surface area contributed by atoms with Crippen molar-refractivity contribution < 1.29 is 23.5 Å². The molecule has 0 aliphatic heterocycles. The highest BCUT2D eigenvalue weighted by atomic mass is 19.1. The van der Waals surface area contributed by atoms with E-state index < -0.39 is 11.9 Å². The first-order chi connectivity index (χ1) is 14.8. The first kappa shape index (κ1) is 21.8. The number of hydrogen-bond acceptors (Lipinski definition) is 7. The molecule has 3 rings (SSSR count). The highest BCUT2D eigenvalue weighted by Crippen LogP contribution is 2.33. The molecule has 0 spiro atoms. The summed E-state index contributed by atoms with van der Waals surface area (Å²) in [4.78, 5) is 24.5. The van der Waals surface area contributed by atoms with E-state index in [0.29, 0.717) is 28.8 Å². The Morgan fingerprint density at radius 2 is 1.87 bits per heavy atom. The number of esters is 1. The van der Waals surface area contributed by atoms with Gasteiger partial charge in [0.25, 0.3) is 5.91 Å². The van der Waals surface area contributed by atoms with E-state index >= 15 is 0 Å². The molecule has 0 aliphatic rings. The first-order valence-electron chi connectivity index (χ1n) is 9.30. The first-order valence-corrected chi connectivity index (χ1v) is 9.30. The second-order valence-electron chi connectivity index (χ2n) is 6.66. The summed E-state index contributed by atoms with van der Waals surface area (Å²) < 4.78 is 25.1. The highest BCUT2D eigenvalue weighted by Gasteiger charge is 2.19. The van der Waals surface area contributed by atoms with Gasteiger partial charge in [-0.05, 0) is 36.4 Å². The molecule has 0 aliphatic carbocycles. The number of carbonyl (C=O) groups excluding carboxylic acids is 2. The molecule has 1 heterocycles. The van der Waals surface area contributed by atoms with Gasteiger partial charge in [-0.1, -0.05) is 0 Å². The molecule has 9 nitrogen and oxygen atoms in total. The zero-order valence-electron chi connectivity index (χ0n) is 17.5. The molecule has 0 radical (unpaired) electrons. The molecule has 0 unspecified atom stereocenters. The maximum Gasteiger partial charge on any atom is 0.303 e. The molecule has 10 heteroatoms. The minimum atomic E-state index is -0.535. The zero-order valence-corrected chi connectivity index (χ0v) is 17.5. The fourth-order valence-corrected chi connectivity index (χ4v) is 2.95. The largest absolute Gasteiger partial charge is 0.496 e. The summed E-state index contributed by atoms with van der Waals surface area (Å²) in [6, 6.07) is 11.1. The number of nitrogens with zero attached hydrogens (tertiary/aromatic N) is 4. The van der Waals surface area contributed by atoms with Crippen LogP contribution in [0, 0.1) is 5.82 Å². The van der Waals surface area contributed by atoms with Crippen LogP contribution in [-0.2, 0) is 21.4 Å².